The quantitative estimate of drug-likeness (QED) is 0.791. The summed E-state index contributed by atoms with van der Waals surface area (Å²) >= 11 is 6.09. The molecule has 3 N–H and O–H groups in total. The third-order valence-electron chi connectivity index (χ3n) is 3.37. The lowest BCUT2D eigenvalue weighted by Crippen LogP contribution is -2.46. The van der Waals surface area contributed by atoms with Crippen LogP contribution in [0.25, 0.3) is 10.9 Å². The van der Waals surface area contributed by atoms with E-state index < -0.39 is 5.82 Å². The van der Waals surface area contributed by atoms with Crippen LogP contribution in [-0.2, 0) is 0 Å². The molecule has 1 saturated carbocycles. The number of hydrogen-bond donors (Lipinski definition) is 3. The van der Waals surface area contributed by atoms with Gasteiger partial charge < -0.3 is 15.4 Å². The first kappa shape index (κ1) is 12.4. The number of carbonyl (C=O) groups is 1. The number of H-pyrrole nitrogens is 1. The number of benzene rings is 1. The van der Waals surface area contributed by atoms with E-state index in [1.807, 2.05) is 0 Å². The van der Waals surface area contributed by atoms with Crippen molar-refractivity contribution in [1.29, 1.82) is 0 Å². The first-order chi connectivity index (χ1) is 9.04. The van der Waals surface area contributed by atoms with Crippen LogP contribution in [0.1, 0.15) is 23.3 Å². The van der Waals surface area contributed by atoms with Crippen LogP contribution in [0.4, 0.5) is 4.39 Å². The van der Waals surface area contributed by atoms with Gasteiger partial charge in [0.25, 0.3) is 5.91 Å². The second-order valence-corrected chi connectivity index (χ2v) is 5.18. The van der Waals surface area contributed by atoms with E-state index in [2.05, 4.69) is 10.3 Å². The molecule has 0 atom stereocenters. The van der Waals surface area contributed by atoms with Gasteiger partial charge in [0.05, 0.1) is 11.1 Å². The molecule has 1 aliphatic rings. The van der Waals surface area contributed by atoms with Crippen LogP contribution in [0.2, 0.25) is 5.02 Å². The molecule has 1 fully saturated rings. The molecule has 3 rings (SSSR count). The van der Waals surface area contributed by atoms with Crippen LogP contribution in [0.3, 0.4) is 0 Å². The van der Waals surface area contributed by atoms with Crippen molar-refractivity contribution in [2.75, 3.05) is 0 Å². The predicted octanol–water partition coefficient (Wildman–Crippen LogP) is 2.21. The van der Waals surface area contributed by atoms with Gasteiger partial charge in [0.15, 0.2) is 0 Å². The van der Waals surface area contributed by atoms with Crippen molar-refractivity contribution < 1.29 is 14.3 Å². The Bertz CT molecular complexity index is 649. The van der Waals surface area contributed by atoms with Crippen LogP contribution in [-0.4, -0.2) is 28.1 Å². The average Bonchev–Trinajstić information content (AvgIpc) is 2.65. The summed E-state index contributed by atoms with van der Waals surface area (Å²) in [5.74, 6) is -0.735. The summed E-state index contributed by atoms with van der Waals surface area (Å²) in [6.45, 7) is 0. The molecule has 19 heavy (non-hydrogen) atoms. The molecule has 0 spiro atoms. The Morgan fingerprint density at radius 1 is 1.47 bits per heavy atom. The first-order valence-corrected chi connectivity index (χ1v) is 6.38. The summed E-state index contributed by atoms with van der Waals surface area (Å²) in [6.07, 6.45) is 0.772. The van der Waals surface area contributed by atoms with E-state index >= 15 is 0 Å². The summed E-state index contributed by atoms with van der Waals surface area (Å²) in [7, 11) is 0. The van der Waals surface area contributed by atoms with Crippen molar-refractivity contribution in [1.82, 2.24) is 10.3 Å². The maximum Gasteiger partial charge on any atom is 0.269 e. The van der Waals surface area contributed by atoms with E-state index in [1.54, 1.807) is 6.07 Å². The van der Waals surface area contributed by atoms with Crippen LogP contribution in [0.15, 0.2) is 18.2 Å². The molecule has 100 valence electrons. The molecule has 0 aliphatic heterocycles. The van der Waals surface area contributed by atoms with Crippen molar-refractivity contribution in [3.63, 3.8) is 0 Å². The van der Waals surface area contributed by atoms with Gasteiger partial charge in [-0.1, -0.05) is 11.6 Å². The molecule has 0 unspecified atom stereocenters. The maximum atomic E-state index is 13.1. The second kappa shape index (κ2) is 4.51. The third kappa shape index (κ3) is 2.19. The van der Waals surface area contributed by atoms with Crippen LogP contribution in [0.5, 0.6) is 0 Å². The number of aliphatic hydroxyl groups excluding tert-OH is 1. The number of carbonyl (C=O) groups excluding carboxylic acids is 1. The van der Waals surface area contributed by atoms with E-state index in [0.717, 1.165) is 0 Å². The highest BCUT2D eigenvalue weighted by Gasteiger charge is 2.29. The van der Waals surface area contributed by atoms with Crippen LogP contribution < -0.4 is 5.32 Å². The predicted molar refractivity (Wildman–Crippen MR) is 69.8 cm³/mol. The normalized spacial score (nSPS) is 22.3. The Morgan fingerprint density at radius 2 is 2.21 bits per heavy atom. The van der Waals surface area contributed by atoms with Gasteiger partial charge in [-0.3, -0.25) is 4.79 Å². The second-order valence-electron chi connectivity index (χ2n) is 4.80. The fourth-order valence-electron chi connectivity index (χ4n) is 2.25. The maximum absolute atomic E-state index is 13.1. The van der Waals surface area contributed by atoms with E-state index in [4.69, 9.17) is 11.6 Å². The van der Waals surface area contributed by atoms with Crippen LogP contribution in [0, 0.1) is 5.82 Å². The Balaban J connectivity index is 1.87. The number of halogens is 2. The smallest absolute Gasteiger partial charge is 0.269 e. The Labute approximate surface area is 113 Å². The highest BCUT2D eigenvalue weighted by molar-refractivity contribution is 6.38. The van der Waals surface area contributed by atoms with Gasteiger partial charge >= 0.3 is 0 Å². The van der Waals surface area contributed by atoms with Gasteiger partial charge in [-0.25, -0.2) is 4.39 Å². The zero-order valence-corrected chi connectivity index (χ0v) is 10.7. The molecule has 1 heterocycles. The van der Waals surface area contributed by atoms with Crippen molar-refractivity contribution in [2.45, 2.75) is 25.0 Å². The number of aliphatic hydroxyl groups is 1. The molecular weight excluding hydrogens is 271 g/mol. The SMILES string of the molecule is O=C(NC1CC(O)C1)c1[nH]c2ccc(F)cc2c1Cl. The lowest BCUT2D eigenvalue weighted by atomic mass is 9.89. The molecule has 0 radical (unpaired) electrons. The molecular formula is C13H12ClFN2O2. The van der Waals surface area contributed by atoms with Gasteiger partial charge in [-0.2, -0.15) is 0 Å². The number of fused-ring (bicyclic) bond motifs is 1. The first-order valence-electron chi connectivity index (χ1n) is 6.00. The van der Waals surface area contributed by atoms with Gasteiger partial charge in [-0.15, -0.1) is 0 Å². The number of nitrogens with one attached hydrogen (secondary N) is 2. The molecule has 0 saturated heterocycles. The van der Waals surface area contributed by atoms with Gasteiger partial charge in [0.2, 0.25) is 0 Å². The Kier molecular flexibility index (Phi) is 2.95. The lowest BCUT2D eigenvalue weighted by molar-refractivity contribution is 0.0561. The number of amides is 1. The third-order valence-corrected chi connectivity index (χ3v) is 3.77. The molecule has 1 aromatic carbocycles. The van der Waals surface area contributed by atoms with Crippen molar-refractivity contribution in [2.24, 2.45) is 0 Å². The summed E-state index contributed by atoms with van der Waals surface area (Å²) < 4.78 is 13.1. The van der Waals surface area contributed by atoms with E-state index in [1.165, 1.54) is 12.1 Å². The fourth-order valence-corrected chi connectivity index (χ4v) is 2.54. The van der Waals surface area contributed by atoms with E-state index in [9.17, 15) is 14.3 Å². The minimum atomic E-state index is -0.400. The number of aromatic nitrogens is 1. The molecule has 1 amide bonds. The molecule has 6 heteroatoms. The molecule has 0 bridgehead atoms. The Hall–Kier alpha value is -1.59. The van der Waals surface area contributed by atoms with E-state index in [0.29, 0.717) is 23.7 Å². The number of rotatable bonds is 2. The van der Waals surface area contributed by atoms with Crippen LogP contribution >= 0.6 is 11.6 Å². The van der Waals surface area contributed by atoms with Crippen molar-refractivity contribution >= 4 is 28.4 Å². The summed E-state index contributed by atoms with van der Waals surface area (Å²) in [5.41, 5.74) is 0.842. The lowest BCUT2D eigenvalue weighted by Gasteiger charge is -2.31. The van der Waals surface area contributed by atoms with Crippen molar-refractivity contribution in [3.8, 4) is 0 Å². The summed E-state index contributed by atoms with van der Waals surface area (Å²) in [6, 6.07) is 4.11. The largest absolute Gasteiger partial charge is 0.393 e. The molecule has 2 aromatic rings. The standard InChI is InChI=1S/C13H12ClFN2O2/c14-11-9-3-6(15)1-2-10(9)17-12(11)13(19)16-7-4-8(18)5-7/h1-3,7-8,17-18H,4-5H2,(H,16,19). The molecule has 4 nitrogen and oxygen atoms in total. The summed E-state index contributed by atoms with van der Waals surface area (Å²) in [4.78, 5) is 14.9. The highest BCUT2D eigenvalue weighted by Crippen LogP contribution is 2.28. The van der Waals surface area contributed by atoms with Gasteiger partial charge in [0.1, 0.15) is 11.5 Å². The minimum absolute atomic E-state index is 0.0262. The summed E-state index contributed by atoms with van der Waals surface area (Å²) in [5, 5.41) is 12.6. The minimum Gasteiger partial charge on any atom is -0.393 e. The Morgan fingerprint density at radius 3 is 2.89 bits per heavy atom. The highest BCUT2D eigenvalue weighted by atomic mass is 35.5. The van der Waals surface area contributed by atoms with Crippen molar-refractivity contribution in [3.05, 3.63) is 34.7 Å². The monoisotopic (exact) mass is 282 g/mol. The number of hydrogen-bond acceptors (Lipinski definition) is 2. The zero-order chi connectivity index (χ0) is 13.6. The zero-order valence-electron chi connectivity index (χ0n) is 9.91. The topological polar surface area (TPSA) is 65.1 Å². The average molecular weight is 283 g/mol. The van der Waals surface area contributed by atoms with Gasteiger partial charge in [-0.05, 0) is 31.0 Å². The molecule has 1 aromatic heterocycles. The fraction of sp³-hybridized carbons (Fsp3) is 0.308. The van der Waals surface area contributed by atoms with Gasteiger partial charge in [0, 0.05) is 16.9 Å². The van der Waals surface area contributed by atoms with E-state index in [-0.39, 0.29) is 28.8 Å². The number of aromatic amines is 1. The molecule has 1 aliphatic carbocycles.